The van der Waals surface area contributed by atoms with Gasteiger partial charge in [0.15, 0.2) is 0 Å². The number of carbonyl (C=O) groups is 2. The summed E-state index contributed by atoms with van der Waals surface area (Å²) in [6.45, 7) is 4.25. The number of para-hydroxylation sites is 6. The fraction of sp³-hybridized carbons (Fsp3) is 0.105. The molecule has 252 valence electrons. The van der Waals surface area contributed by atoms with E-state index in [1.165, 1.54) is 0 Å². The lowest BCUT2D eigenvalue weighted by Gasteiger charge is -2.14. The van der Waals surface area contributed by atoms with E-state index in [1.54, 1.807) is 54.0 Å². The number of amides is 2. The molecule has 2 aromatic heterocycles. The average molecular weight is 668 g/mol. The van der Waals surface area contributed by atoms with E-state index >= 15 is 0 Å². The number of nitrogen functional groups attached to an aromatic ring is 1. The normalized spacial score (nSPS) is 10.8. The Kier molecular flexibility index (Phi) is 9.73. The van der Waals surface area contributed by atoms with E-state index in [4.69, 9.17) is 15.9 Å². The average Bonchev–Trinajstić information content (AvgIpc) is 3.66. The van der Waals surface area contributed by atoms with Crippen molar-refractivity contribution in [2.45, 2.75) is 19.9 Å². The van der Waals surface area contributed by atoms with Gasteiger partial charge in [-0.3, -0.25) is 14.8 Å². The lowest BCUT2D eigenvalue weighted by molar-refractivity contribution is 0.0706. The molecule has 0 atom stereocenters. The van der Waals surface area contributed by atoms with Gasteiger partial charge in [-0.2, -0.15) is 0 Å². The minimum Gasteiger partial charge on any atom is -0.397 e. The number of aromatic nitrogens is 4. The maximum absolute atomic E-state index is 12.5. The highest BCUT2D eigenvalue weighted by atomic mass is 16.5. The van der Waals surface area contributed by atoms with Gasteiger partial charge in [0.1, 0.15) is 0 Å². The number of nitrogens with two attached hydrogens (primary N) is 1. The molecule has 2 amide bonds. The zero-order valence-corrected chi connectivity index (χ0v) is 27.8. The summed E-state index contributed by atoms with van der Waals surface area (Å²) in [6.07, 6.45) is 0. The van der Waals surface area contributed by atoms with Crippen LogP contribution in [-0.4, -0.2) is 36.1 Å². The number of aryl methyl sites for hydroxylation is 1. The van der Waals surface area contributed by atoms with E-state index in [9.17, 15) is 9.59 Å². The van der Waals surface area contributed by atoms with Crippen LogP contribution in [0.25, 0.3) is 22.1 Å². The number of benzene rings is 5. The van der Waals surface area contributed by atoms with Crippen LogP contribution in [-0.2, 0) is 7.05 Å². The van der Waals surface area contributed by atoms with Crippen molar-refractivity contribution in [2.75, 3.05) is 21.7 Å². The molecule has 0 aliphatic rings. The summed E-state index contributed by atoms with van der Waals surface area (Å²) in [7, 11) is 1.94. The molecule has 0 fully saturated rings. The van der Waals surface area contributed by atoms with Crippen LogP contribution in [0.2, 0.25) is 0 Å². The Balaban J connectivity index is 0.000000182. The van der Waals surface area contributed by atoms with Crippen molar-refractivity contribution in [2.24, 2.45) is 7.05 Å². The molecule has 0 spiro atoms. The molecule has 0 aliphatic heterocycles. The van der Waals surface area contributed by atoms with Gasteiger partial charge in [-0.1, -0.05) is 36.4 Å². The maximum Gasteiger partial charge on any atom is 0.274 e. The molecule has 12 nitrogen and oxygen atoms in total. The predicted molar refractivity (Wildman–Crippen MR) is 198 cm³/mol. The highest BCUT2D eigenvalue weighted by Crippen LogP contribution is 2.27. The van der Waals surface area contributed by atoms with Crippen molar-refractivity contribution in [3.05, 3.63) is 132 Å². The Morgan fingerprint density at radius 2 is 1.16 bits per heavy atom. The van der Waals surface area contributed by atoms with Gasteiger partial charge in [-0.15, -0.1) is 0 Å². The van der Waals surface area contributed by atoms with Crippen LogP contribution in [0.15, 0.2) is 121 Å². The second-order valence-corrected chi connectivity index (χ2v) is 11.8. The number of nitrogens with zero attached hydrogens (tertiary/aromatic N) is 4. The van der Waals surface area contributed by atoms with Crippen LogP contribution in [0.4, 0.5) is 34.6 Å². The van der Waals surface area contributed by atoms with Gasteiger partial charge in [0, 0.05) is 35.6 Å². The molecule has 0 aliphatic carbocycles. The van der Waals surface area contributed by atoms with Crippen LogP contribution in [0.1, 0.15) is 40.6 Å². The Morgan fingerprint density at radius 1 is 0.660 bits per heavy atom. The number of nitrogens with one attached hydrogen (secondary N) is 4. The number of fused-ring (bicyclic) bond motifs is 2. The van der Waals surface area contributed by atoms with Crippen molar-refractivity contribution in [3.63, 3.8) is 0 Å². The fourth-order valence-corrected chi connectivity index (χ4v) is 5.45. The number of rotatable bonds is 8. The first-order valence-corrected chi connectivity index (χ1v) is 15.9. The lowest BCUT2D eigenvalue weighted by atomic mass is 10.2. The third kappa shape index (κ3) is 7.25. The van der Waals surface area contributed by atoms with Crippen molar-refractivity contribution in [1.82, 2.24) is 24.6 Å². The zero-order valence-electron chi connectivity index (χ0n) is 27.8. The highest BCUT2D eigenvalue weighted by molar-refractivity contribution is 6.06. The molecular formula is C38H37N9O3. The summed E-state index contributed by atoms with van der Waals surface area (Å²) in [5, 5.41) is 18.0. The summed E-state index contributed by atoms with van der Waals surface area (Å²) in [4.78, 5) is 33.0. The van der Waals surface area contributed by atoms with Gasteiger partial charge in [0.2, 0.25) is 11.9 Å². The standard InChI is InChI=1S/C23H23N5O.C15H14N4O2/c1-15(2)28-21-10-6-5-9-20(21)27-23(28)25-17-13-11-16(12-14-17)22(29)26-19-8-4-3-7-18(19)24;1-19-13-5-3-2-4-12(13)17-15(19)16-11-8-6-10(7-9-11)14(20)18-21/h3-15H,24H2,1-2H3,(H,25,27)(H,26,29);2-9,21H,1H3,(H,16,17)(H,18,20). The van der Waals surface area contributed by atoms with E-state index in [1.807, 2.05) is 78.3 Å². The van der Waals surface area contributed by atoms with Crippen LogP contribution in [0, 0.1) is 0 Å². The third-order valence-corrected chi connectivity index (χ3v) is 8.02. The number of hydrogen-bond donors (Lipinski definition) is 6. The van der Waals surface area contributed by atoms with Gasteiger partial charge < -0.3 is 30.8 Å². The minimum atomic E-state index is -0.538. The molecule has 5 aromatic carbocycles. The first-order valence-electron chi connectivity index (χ1n) is 15.9. The summed E-state index contributed by atoms with van der Waals surface area (Å²) in [5.74, 6) is 0.749. The largest absolute Gasteiger partial charge is 0.397 e. The van der Waals surface area contributed by atoms with E-state index in [0.717, 1.165) is 45.3 Å². The molecule has 0 radical (unpaired) electrons. The first kappa shape index (κ1) is 33.2. The topological polar surface area (TPSA) is 164 Å². The second kappa shape index (κ2) is 14.6. The summed E-state index contributed by atoms with van der Waals surface area (Å²) in [6, 6.07) is 37.4. The van der Waals surface area contributed by atoms with E-state index < -0.39 is 5.91 Å². The molecule has 0 bridgehead atoms. The highest BCUT2D eigenvalue weighted by Gasteiger charge is 2.14. The number of hydrogen-bond acceptors (Lipinski definition) is 8. The van der Waals surface area contributed by atoms with Crippen LogP contribution >= 0.6 is 0 Å². The van der Waals surface area contributed by atoms with Crippen molar-refractivity contribution < 1.29 is 14.8 Å². The molecule has 0 saturated carbocycles. The SMILES string of the molecule is CC(C)n1c(Nc2ccc(C(=O)Nc3ccccc3N)cc2)nc2ccccc21.Cn1c(Nc2ccc(C(=O)NO)cc2)nc2ccccc21. The quantitative estimate of drug-likeness (QED) is 0.0547. The van der Waals surface area contributed by atoms with E-state index in [-0.39, 0.29) is 11.9 Å². The summed E-state index contributed by atoms with van der Waals surface area (Å²) >= 11 is 0. The van der Waals surface area contributed by atoms with Gasteiger partial charge in [0.25, 0.3) is 11.8 Å². The van der Waals surface area contributed by atoms with Gasteiger partial charge >= 0.3 is 0 Å². The monoisotopic (exact) mass is 667 g/mol. The lowest BCUT2D eigenvalue weighted by Crippen LogP contribution is -2.18. The number of carbonyl (C=O) groups excluding carboxylic acids is 2. The molecular weight excluding hydrogens is 630 g/mol. The Bertz CT molecular complexity index is 2270. The second-order valence-electron chi connectivity index (χ2n) is 11.8. The number of imidazole rings is 2. The van der Waals surface area contributed by atoms with Crippen molar-refractivity contribution in [3.8, 4) is 0 Å². The third-order valence-electron chi connectivity index (χ3n) is 8.02. The molecule has 7 rings (SSSR count). The smallest absolute Gasteiger partial charge is 0.274 e. The molecule has 7 N–H and O–H groups in total. The summed E-state index contributed by atoms with van der Waals surface area (Å²) in [5.41, 5.74) is 15.2. The van der Waals surface area contributed by atoms with Crippen molar-refractivity contribution in [1.29, 1.82) is 0 Å². The Morgan fingerprint density at radius 3 is 1.74 bits per heavy atom. The van der Waals surface area contributed by atoms with Crippen LogP contribution in [0.5, 0.6) is 0 Å². The molecule has 7 aromatic rings. The molecule has 0 unspecified atom stereocenters. The molecule has 2 heterocycles. The van der Waals surface area contributed by atoms with E-state index in [2.05, 4.69) is 45.4 Å². The van der Waals surface area contributed by atoms with Crippen LogP contribution in [0.3, 0.4) is 0 Å². The fourth-order valence-electron chi connectivity index (χ4n) is 5.45. The molecule has 0 saturated heterocycles. The maximum atomic E-state index is 12.5. The first-order chi connectivity index (χ1) is 24.2. The van der Waals surface area contributed by atoms with Gasteiger partial charge in [-0.25, -0.2) is 15.4 Å². The van der Waals surface area contributed by atoms with Gasteiger partial charge in [0.05, 0.1) is 33.4 Å². The van der Waals surface area contributed by atoms with Gasteiger partial charge in [-0.05, 0) is 98.8 Å². The van der Waals surface area contributed by atoms with E-state index in [0.29, 0.717) is 22.5 Å². The van der Waals surface area contributed by atoms with Crippen molar-refractivity contribution >= 4 is 68.5 Å². The molecule has 50 heavy (non-hydrogen) atoms. The Hall–Kier alpha value is -6.66. The minimum absolute atomic E-state index is 0.205. The number of hydroxylamine groups is 1. The zero-order chi connectivity index (χ0) is 35.2. The summed E-state index contributed by atoms with van der Waals surface area (Å²) < 4.78 is 4.12. The Labute approximate surface area is 288 Å². The van der Waals surface area contributed by atoms with Crippen LogP contribution < -0.4 is 27.2 Å². The predicted octanol–water partition coefficient (Wildman–Crippen LogP) is 7.63. The number of anilines is 6. The molecule has 12 heteroatoms.